The molecular formula is C28H30ClFN6O4. The van der Waals surface area contributed by atoms with Gasteiger partial charge in [0.1, 0.15) is 22.3 Å². The predicted molar refractivity (Wildman–Crippen MR) is 148 cm³/mol. The van der Waals surface area contributed by atoms with Gasteiger partial charge in [0.2, 0.25) is 11.8 Å². The van der Waals surface area contributed by atoms with Crippen LogP contribution < -0.4 is 20.1 Å². The Hall–Kier alpha value is -3.96. The number of ether oxygens (including phenoxy) is 2. The fourth-order valence-electron chi connectivity index (χ4n) is 4.89. The summed E-state index contributed by atoms with van der Waals surface area (Å²) in [5.74, 6) is -0.799. The lowest BCUT2D eigenvalue weighted by atomic mass is 10.0. The molecule has 1 atom stereocenters. The Kier molecular flexibility index (Phi) is 7.77. The van der Waals surface area contributed by atoms with Crippen molar-refractivity contribution in [3.63, 3.8) is 0 Å². The van der Waals surface area contributed by atoms with E-state index in [1.807, 2.05) is 20.0 Å². The molecular weight excluding hydrogens is 539 g/mol. The number of aromatic nitrogens is 2. The molecule has 5 rings (SSSR count). The Morgan fingerprint density at radius 2 is 1.93 bits per heavy atom. The van der Waals surface area contributed by atoms with Crippen molar-refractivity contribution in [3.8, 4) is 17.4 Å². The smallest absolute Gasteiger partial charge is 0.258 e. The molecule has 3 aromatic rings. The molecule has 0 bridgehead atoms. The van der Waals surface area contributed by atoms with Crippen LogP contribution in [0, 0.1) is 5.82 Å². The highest BCUT2D eigenvalue weighted by Gasteiger charge is 2.34. The minimum atomic E-state index is -0.726. The molecule has 40 heavy (non-hydrogen) atoms. The van der Waals surface area contributed by atoms with Crippen molar-refractivity contribution in [2.45, 2.75) is 31.8 Å². The first-order valence-corrected chi connectivity index (χ1v) is 13.3. The summed E-state index contributed by atoms with van der Waals surface area (Å²) in [5.41, 5.74) is 1.37. The van der Waals surface area contributed by atoms with E-state index in [-0.39, 0.29) is 51.8 Å². The van der Waals surface area contributed by atoms with Crippen LogP contribution in [-0.4, -0.2) is 71.9 Å². The van der Waals surface area contributed by atoms with Crippen LogP contribution in [0.3, 0.4) is 0 Å². The second-order valence-electron chi connectivity index (χ2n) is 9.97. The topological polar surface area (TPSA) is 109 Å². The molecule has 2 amide bonds. The molecule has 0 aliphatic carbocycles. The first-order valence-electron chi connectivity index (χ1n) is 12.9. The maximum absolute atomic E-state index is 15.1. The zero-order chi connectivity index (χ0) is 28.6. The van der Waals surface area contributed by atoms with Crippen molar-refractivity contribution < 1.29 is 23.5 Å². The minimum absolute atomic E-state index is 0.0103. The van der Waals surface area contributed by atoms with Gasteiger partial charge in [-0.3, -0.25) is 9.59 Å². The third-order valence-corrected chi connectivity index (χ3v) is 7.64. The summed E-state index contributed by atoms with van der Waals surface area (Å²) in [6, 6.07) is 7.72. The Bertz CT molecular complexity index is 1460. The van der Waals surface area contributed by atoms with Gasteiger partial charge in [-0.15, -0.1) is 0 Å². The summed E-state index contributed by atoms with van der Waals surface area (Å²) in [6.07, 6.45) is 2.93. The monoisotopic (exact) mass is 568 g/mol. The van der Waals surface area contributed by atoms with Crippen LogP contribution in [0.1, 0.15) is 52.1 Å². The first kappa shape index (κ1) is 27.6. The Balaban J connectivity index is 1.36. The zero-order valence-electron chi connectivity index (χ0n) is 22.6. The van der Waals surface area contributed by atoms with E-state index in [1.54, 1.807) is 24.1 Å². The second-order valence-corrected chi connectivity index (χ2v) is 10.4. The SMILES string of the molecule is COc1cc(C(=O)NC2CCN(C)CC2)c(F)cc1Nc1ncc(Cl)c(Oc2cccc3c2C(=O)N(C)[C@H]3C)n1. The molecule has 0 unspecified atom stereocenters. The van der Waals surface area contributed by atoms with Crippen molar-refractivity contribution in [2.24, 2.45) is 0 Å². The van der Waals surface area contributed by atoms with E-state index in [0.29, 0.717) is 11.3 Å². The number of halogens is 2. The van der Waals surface area contributed by atoms with E-state index < -0.39 is 11.7 Å². The van der Waals surface area contributed by atoms with Crippen LogP contribution in [0.15, 0.2) is 36.5 Å². The summed E-state index contributed by atoms with van der Waals surface area (Å²) < 4.78 is 26.5. The molecule has 2 N–H and O–H groups in total. The van der Waals surface area contributed by atoms with Gasteiger partial charge in [0, 0.05) is 19.2 Å². The first-order chi connectivity index (χ1) is 19.2. The van der Waals surface area contributed by atoms with Gasteiger partial charge in [-0.2, -0.15) is 4.98 Å². The molecule has 1 saturated heterocycles. The van der Waals surface area contributed by atoms with Crippen LogP contribution in [-0.2, 0) is 0 Å². The number of carbonyl (C=O) groups excluding carboxylic acids is 2. The average molecular weight is 569 g/mol. The van der Waals surface area contributed by atoms with Gasteiger partial charge in [-0.1, -0.05) is 23.7 Å². The van der Waals surface area contributed by atoms with Gasteiger partial charge < -0.3 is 29.9 Å². The molecule has 0 radical (unpaired) electrons. The number of likely N-dealkylation sites (tertiary alicyclic amines) is 1. The summed E-state index contributed by atoms with van der Waals surface area (Å²) in [6.45, 7) is 3.67. The Labute approximate surface area is 236 Å². The van der Waals surface area contributed by atoms with Gasteiger partial charge in [0.25, 0.3) is 11.8 Å². The molecule has 2 aliphatic heterocycles. The highest BCUT2D eigenvalue weighted by Crippen LogP contribution is 2.40. The van der Waals surface area contributed by atoms with Crippen molar-refractivity contribution in [1.29, 1.82) is 0 Å². The van der Waals surface area contributed by atoms with Gasteiger partial charge in [0.15, 0.2) is 0 Å². The Morgan fingerprint density at radius 1 is 1.18 bits per heavy atom. The highest BCUT2D eigenvalue weighted by atomic mass is 35.5. The third-order valence-electron chi connectivity index (χ3n) is 7.38. The number of anilines is 2. The molecule has 1 aromatic heterocycles. The number of nitrogens with one attached hydrogen (secondary N) is 2. The number of piperidine rings is 1. The Morgan fingerprint density at radius 3 is 2.65 bits per heavy atom. The van der Waals surface area contributed by atoms with Crippen LogP contribution in [0.5, 0.6) is 17.4 Å². The number of hydrogen-bond acceptors (Lipinski definition) is 8. The molecule has 0 saturated carbocycles. The van der Waals surface area contributed by atoms with Crippen LogP contribution in [0.2, 0.25) is 5.02 Å². The lowest BCUT2D eigenvalue weighted by Crippen LogP contribution is -2.43. The zero-order valence-corrected chi connectivity index (χ0v) is 23.4. The highest BCUT2D eigenvalue weighted by molar-refractivity contribution is 6.31. The molecule has 1 fully saturated rings. The number of rotatable bonds is 7. The number of carbonyl (C=O) groups is 2. The minimum Gasteiger partial charge on any atom is -0.495 e. The number of benzene rings is 2. The molecule has 10 nitrogen and oxygen atoms in total. The average Bonchev–Trinajstić information content (AvgIpc) is 3.16. The van der Waals surface area contributed by atoms with E-state index >= 15 is 4.39 Å². The summed E-state index contributed by atoms with van der Waals surface area (Å²) in [4.78, 5) is 37.9. The number of amides is 2. The number of nitrogens with zero attached hydrogens (tertiary/aromatic N) is 4. The molecule has 2 aromatic carbocycles. The van der Waals surface area contributed by atoms with E-state index in [9.17, 15) is 9.59 Å². The van der Waals surface area contributed by atoms with Gasteiger partial charge in [-0.05, 0) is 57.6 Å². The van der Waals surface area contributed by atoms with Crippen LogP contribution in [0.25, 0.3) is 0 Å². The van der Waals surface area contributed by atoms with Crippen LogP contribution in [0.4, 0.5) is 16.0 Å². The molecule has 210 valence electrons. The maximum Gasteiger partial charge on any atom is 0.258 e. The summed E-state index contributed by atoms with van der Waals surface area (Å²) in [7, 11) is 5.17. The molecule has 3 heterocycles. The van der Waals surface area contributed by atoms with E-state index in [2.05, 4.69) is 25.5 Å². The van der Waals surface area contributed by atoms with Gasteiger partial charge in [-0.25, -0.2) is 9.37 Å². The number of fused-ring (bicyclic) bond motifs is 1. The van der Waals surface area contributed by atoms with E-state index in [1.165, 1.54) is 19.4 Å². The van der Waals surface area contributed by atoms with Crippen molar-refractivity contribution in [2.75, 3.05) is 39.6 Å². The predicted octanol–water partition coefficient (Wildman–Crippen LogP) is 4.78. The molecule has 2 aliphatic rings. The van der Waals surface area contributed by atoms with Gasteiger partial charge in [0.05, 0.1) is 36.2 Å². The number of methoxy groups -OCH3 is 1. The quantitative estimate of drug-likeness (QED) is 0.419. The lowest BCUT2D eigenvalue weighted by Gasteiger charge is -2.29. The standard InChI is InChI=1S/C28H30ClFN6O4/c1-15-17-6-5-7-22(24(17)27(38)36(15)3)40-26-19(29)14-31-28(34-26)33-21-13-20(30)18(12-23(21)39-4)25(37)32-16-8-10-35(2)11-9-16/h5-7,12-16H,8-11H2,1-4H3,(H,32,37)(H,31,33,34)/t15-/m0/s1. The summed E-state index contributed by atoms with van der Waals surface area (Å²) >= 11 is 6.32. The second kappa shape index (κ2) is 11.3. The molecule has 0 spiro atoms. The fourth-order valence-corrected chi connectivity index (χ4v) is 5.02. The van der Waals surface area contributed by atoms with Crippen molar-refractivity contribution in [1.82, 2.24) is 25.1 Å². The van der Waals surface area contributed by atoms with Crippen LogP contribution >= 0.6 is 11.6 Å². The van der Waals surface area contributed by atoms with Crippen molar-refractivity contribution >= 4 is 35.1 Å². The maximum atomic E-state index is 15.1. The van der Waals surface area contributed by atoms with Gasteiger partial charge >= 0.3 is 0 Å². The molecule has 12 heteroatoms. The van der Waals surface area contributed by atoms with E-state index in [4.69, 9.17) is 21.1 Å². The third kappa shape index (κ3) is 5.39. The fraction of sp³-hybridized carbons (Fsp3) is 0.357. The van der Waals surface area contributed by atoms with Crippen molar-refractivity contribution in [3.05, 3.63) is 64.1 Å². The lowest BCUT2D eigenvalue weighted by molar-refractivity contribution is 0.0782. The van der Waals surface area contributed by atoms with E-state index in [0.717, 1.165) is 37.6 Å². The largest absolute Gasteiger partial charge is 0.495 e. The number of hydrogen-bond donors (Lipinski definition) is 2. The summed E-state index contributed by atoms with van der Waals surface area (Å²) in [5, 5.41) is 5.94. The normalized spacial score (nSPS) is 17.5.